The first-order valence-corrected chi connectivity index (χ1v) is 7.91. The largest absolute Gasteiger partial charge is 0.329 e. The highest BCUT2D eigenvalue weighted by atomic mass is 79.9. The van der Waals surface area contributed by atoms with Crippen LogP contribution in [0.1, 0.15) is 16.7 Å². The van der Waals surface area contributed by atoms with Crippen molar-refractivity contribution in [2.75, 3.05) is 6.54 Å². The number of rotatable bonds is 3. The third-order valence-corrected chi connectivity index (χ3v) is 4.50. The molecule has 0 aliphatic carbocycles. The van der Waals surface area contributed by atoms with Gasteiger partial charge in [-0.05, 0) is 41.3 Å². The van der Waals surface area contributed by atoms with Crippen molar-refractivity contribution in [3.63, 3.8) is 0 Å². The second-order valence-electron chi connectivity index (χ2n) is 5.55. The van der Waals surface area contributed by atoms with Crippen molar-refractivity contribution in [3.8, 4) is 0 Å². The fraction of sp³-hybridized carbons (Fsp3) is 0.294. The first kappa shape index (κ1) is 14.7. The number of nitrogens with zero attached hydrogens (tertiary/aromatic N) is 1. The van der Waals surface area contributed by atoms with E-state index in [2.05, 4.69) is 45.1 Å². The Labute approximate surface area is 132 Å². The summed E-state index contributed by atoms with van der Waals surface area (Å²) in [7, 11) is 0. The van der Waals surface area contributed by atoms with Gasteiger partial charge in [-0.25, -0.2) is 4.39 Å². The second kappa shape index (κ2) is 6.26. The quantitative estimate of drug-likeness (QED) is 0.919. The molecule has 2 nitrogen and oxygen atoms in total. The van der Waals surface area contributed by atoms with E-state index in [0.717, 1.165) is 23.0 Å². The molecule has 1 unspecified atom stereocenters. The van der Waals surface area contributed by atoms with Crippen LogP contribution in [0.2, 0.25) is 0 Å². The van der Waals surface area contributed by atoms with Gasteiger partial charge in [0.2, 0.25) is 0 Å². The summed E-state index contributed by atoms with van der Waals surface area (Å²) in [6, 6.07) is 13.8. The van der Waals surface area contributed by atoms with Crippen molar-refractivity contribution in [2.45, 2.75) is 25.6 Å². The molecule has 0 aromatic heterocycles. The molecular weight excluding hydrogens is 331 g/mol. The molecule has 1 heterocycles. The van der Waals surface area contributed by atoms with Crippen molar-refractivity contribution < 1.29 is 4.39 Å². The van der Waals surface area contributed by atoms with E-state index in [4.69, 9.17) is 5.73 Å². The smallest absolute Gasteiger partial charge is 0.124 e. The van der Waals surface area contributed by atoms with Crippen molar-refractivity contribution in [3.05, 3.63) is 69.4 Å². The zero-order valence-electron chi connectivity index (χ0n) is 11.7. The Morgan fingerprint density at radius 1 is 1.19 bits per heavy atom. The summed E-state index contributed by atoms with van der Waals surface area (Å²) in [4.78, 5) is 2.34. The zero-order chi connectivity index (χ0) is 14.8. The molecule has 0 radical (unpaired) electrons. The van der Waals surface area contributed by atoms with Gasteiger partial charge in [-0.2, -0.15) is 0 Å². The fourth-order valence-electron chi connectivity index (χ4n) is 3.00. The van der Waals surface area contributed by atoms with E-state index >= 15 is 0 Å². The molecule has 3 rings (SSSR count). The van der Waals surface area contributed by atoms with Crippen molar-refractivity contribution in [2.24, 2.45) is 5.73 Å². The van der Waals surface area contributed by atoms with Crippen LogP contribution in [0.25, 0.3) is 0 Å². The van der Waals surface area contributed by atoms with Crippen LogP contribution >= 0.6 is 15.9 Å². The predicted molar refractivity (Wildman–Crippen MR) is 86.3 cm³/mol. The van der Waals surface area contributed by atoms with Crippen molar-refractivity contribution in [1.82, 2.24) is 4.90 Å². The predicted octanol–water partition coefficient (Wildman–Crippen LogP) is 3.47. The molecule has 2 aromatic carbocycles. The standard InChI is InChI=1S/C17H18BrFN2/c18-15-5-12(6-16(19)8-15)10-21-11-14-4-2-1-3-13(14)7-17(21)9-20/h1-6,8,17H,7,9-11,20H2. The van der Waals surface area contributed by atoms with Crippen LogP contribution in [-0.2, 0) is 19.5 Å². The monoisotopic (exact) mass is 348 g/mol. The number of nitrogens with two attached hydrogens (primary N) is 1. The molecule has 1 atom stereocenters. The molecule has 0 saturated carbocycles. The van der Waals surface area contributed by atoms with Gasteiger partial charge in [0, 0.05) is 30.1 Å². The minimum atomic E-state index is -0.207. The number of hydrogen-bond donors (Lipinski definition) is 1. The summed E-state index contributed by atoms with van der Waals surface area (Å²) in [5, 5.41) is 0. The number of hydrogen-bond acceptors (Lipinski definition) is 2. The Kier molecular flexibility index (Phi) is 4.38. The van der Waals surface area contributed by atoms with Gasteiger partial charge in [0.15, 0.2) is 0 Å². The number of halogens is 2. The molecule has 21 heavy (non-hydrogen) atoms. The molecule has 0 amide bonds. The lowest BCUT2D eigenvalue weighted by molar-refractivity contribution is 0.167. The highest BCUT2D eigenvalue weighted by molar-refractivity contribution is 9.10. The SMILES string of the molecule is NCC1Cc2ccccc2CN1Cc1cc(F)cc(Br)c1. The number of benzene rings is 2. The van der Waals surface area contributed by atoms with Gasteiger partial charge in [0.05, 0.1) is 0 Å². The average molecular weight is 349 g/mol. The van der Waals surface area contributed by atoms with E-state index in [1.165, 1.54) is 17.2 Å². The lowest BCUT2D eigenvalue weighted by Crippen LogP contribution is -2.44. The van der Waals surface area contributed by atoms with Gasteiger partial charge in [0.25, 0.3) is 0 Å². The Bertz CT molecular complexity index is 624. The van der Waals surface area contributed by atoms with E-state index in [9.17, 15) is 4.39 Å². The molecule has 4 heteroatoms. The van der Waals surface area contributed by atoms with Crippen molar-refractivity contribution >= 4 is 15.9 Å². The summed E-state index contributed by atoms with van der Waals surface area (Å²) < 4.78 is 14.3. The average Bonchev–Trinajstić information content (AvgIpc) is 2.45. The van der Waals surface area contributed by atoms with Gasteiger partial charge in [-0.1, -0.05) is 40.2 Å². The third-order valence-electron chi connectivity index (χ3n) is 4.04. The Morgan fingerprint density at radius 2 is 1.95 bits per heavy atom. The molecule has 0 bridgehead atoms. The summed E-state index contributed by atoms with van der Waals surface area (Å²) in [5.41, 5.74) is 9.64. The maximum absolute atomic E-state index is 13.5. The Balaban J connectivity index is 1.84. The highest BCUT2D eigenvalue weighted by Gasteiger charge is 2.24. The second-order valence-corrected chi connectivity index (χ2v) is 6.46. The van der Waals surface area contributed by atoms with Gasteiger partial charge in [-0.15, -0.1) is 0 Å². The third kappa shape index (κ3) is 3.34. The van der Waals surface area contributed by atoms with E-state index in [-0.39, 0.29) is 5.82 Å². The van der Waals surface area contributed by atoms with Gasteiger partial charge in [0.1, 0.15) is 5.82 Å². The molecule has 1 aliphatic rings. The molecule has 110 valence electrons. The van der Waals surface area contributed by atoms with E-state index < -0.39 is 0 Å². The van der Waals surface area contributed by atoms with Crippen molar-refractivity contribution in [1.29, 1.82) is 0 Å². The topological polar surface area (TPSA) is 29.3 Å². The zero-order valence-corrected chi connectivity index (χ0v) is 13.3. The normalized spacial score (nSPS) is 18.5. The summed E-state index contributed by atoms with van der Waals surface area (Å²) in [5.74, 6) is -0.207. The molecule has 0 spiro atoms. The number of fused-ring (bicyclic) bond motifs is 1. The molecule has 2 aromatic rings. The van der Waals surface area contributed by atoms with Gasteiger partial charge in [-0.3, -0.25) is 4.90 Å². The van der Waals surface area contributed by atoms with Crippen LogP contribution in [0.15, 0.2) is 46.9 Å². The van der Waals surface area contributed by atoms with Crippen LogP contribution in [0, 0.1) is 5.82 Å². The minimum Gasteiger partial charge on any atom is -0.329 e. The Hall–Kier alpha value is -1.23. The van der Waals surface area contributed by atoms with Crippen LogP contribution in [0.3, 0.4) is 0 Å². The van der Waals surface area contributed by atoms with Gasteiger partial charge < -0.3 is 5.73 Å². The fourth-order valence-corrected chi connectivity index (χ4v) is 3.51. The minimum absolute atomic E-state index is 0.207. The first-order valence-electron chi connectivity index (χ1n) is 7.11. The summed E-state index contributed by atoms with van der Waals surface area (Å²) in [6.45, 7) is 2.20. The summed E-state index contributed by atoms with van der Waals surface area (Å²) in [6.07, 6.45) is 0.961. The van der Waals surface area contributed by atoms with E-state index in [1.54, 1.807) is 6.07 Å². The maximum atomic E-state index is 13.5. The lowest BCUT2D eigenvalue weighted by atomic mass is 9.93. The van der Waals surface area contributed by atoms with Gasteiger partial charge >= 0.3 is 0 Å². The first-order chi connectivity index (χ1) is 10.2. The van der Waals surface area contributed by atoms with Crippen LogP contribution in [-0.4, -0.2) is 17.5 Å². The highest BCUT2D eigenvalue weighted by Crippen LogP contribution is 2.25. The molecule has 0 saturated heterocycles. The Morgan fingerprint density at radius 3 is 2.67 bits per heavy atom. The van der Waals surface area contributed by atoms with Crippen LogP contribution < -0.4 is 5.73 Å². The van der Waals surface area contributed by atoms with Crippen LogP contribution in [0.5, 0.6) is 0 Å². The van der Waals surface area contributed by atoms with E-state index in [0.29, 0.717) is 19.1 Å². The lowest BCUT2D eigenvalue weighted by Gasteiger charge is -2.36. The maximum Gasteiger partial charge on any atom is 0.124 e. The molecular formula is C17H18BrFN2. The molecule has 2 N–H and O–H groups in total. The molecule has 1 aliphatic heterocycles. The summed E-state index contributed by atoms with van der Waals surface area (Å²) >= 11 is 3.35. The molecule has 0 fully saturated rings. The van der Waals surface area contributed by atoms with Crippen LogP contribution in [0.4, 0.5) is 4.39 Å². The van der Waals surface area contributed by atoms with E-state index in [1.807, 2.05) is 6.07 Å².